The Morgan fingerprint density at radius 3 is 2.44 bits per heavy atom. The van der Waals surface area contributed by atoms with E-state index in [0.29, 0.717) is 30.1 Å². The second kappa shape index (κ2) is 10.1. The maximum atomic E-state index is 12.4. The minimum absolute atomic E-state index is 0.242. The van der Waals surface area contributed by atoms with Gasteiger partial charge in [-0.15, -0.1) is 0 Å². The van der Waals surface area contributed by atoms with Gasteiger partial charge in [0.15, 0.2) is 0 Å². The highest BCUT2D eigenvalue weighted by Crippen LogP contribution is 2.32. The van der Waals surface area contributed by atoms with E-state index in [0.717, 1.165) is 36.0 Å². The van der Waals surface area contributed by atoms with Crippen LogP contribution in [0.3, 0.4) is 0 Å². The zero-order chi connectivity index (χ0) is 19.8. The highest BCUT2D eigenvalue weighted by atomic mass is 16.5. The quantitative estimate of drug-likeness (QED) is 0.443. The SMILES string of the molecule is CCCCCOCc1ccnc(Oc2c(C)cc(C)cc2C)c1C(=O)OC. The molecule has 0 saturated heterocycles. The smallest absolute Gasteiger partial charge is 0.343 e. The first-order chi connectivity index (χ1) is 13.0. The lowest BCUT2D eigenvalue weighted by Crippen LogP contribution is -2.11. The van der Waals surface area contributed by atoms with Crippen LogP contribution in [0.1, 0.15) is 58.8 Å². The fraction of sp³-hybridized carbons (Fsp3) is 0.455. The van der Waals surface area contributed by atoms with Gasteiger partial charge in [-0.2, -0.15) is 0 Å². The van der Waals surface area contributed by atoms with E-state index in [1.807, 2.05) is 32.9 Å². The molecule has 146 valence electrons. The molecule has 27 heavy (non-hydrogen) atoms. The minimum Gasteiger partial charge on any atom is -0.465 e. The molecule has 1 heterocycles. The molecule has 0 aliphatic rings. The molecule has 0 fully saturated rings. The normalized spacial score (nSPS) is 10.7. The van der Waals surface area contributed by atoms with Gasteiger partial charge in [0.1, 0.15) is 11.3 Å². The van der Waals surface area contributed by atoms with Crippen molar-refractivity contribution in [1.29, 1.82) is 0 Å². The van der Waals surface area contributed by atoms with Gasteiger partial charge < -0.3 is 14.2 Å². The van der Waals surface area contributed by atoms with E-state index in [1.54, 1.807) is 12.3 Å². The van der Waals surface area contributed by atoms with Crippen molar-refractivity contribution in [3.63, 3.8) is 0 Å². The topological polar surface area (TPSA) is 57.7 Å². The average Bonchev–Trinajstić information content (AvgIpc) is 2.64. The van der Waals surface area contributed by atoms with E-state index < -0.39 is 5.97 Å². The predicted molar refractivity (Wildman–Crippen MR) is 105 cm³/mol. The van der Waals surface area contributed by atoms with Crippen molar-refractivity contribution < 1.29 is 19.0 Å². The van der Waals surface area contributed by atoms with Crippen molar-refractivity contribution in [2.24, 2.45) is 0 Å². The van der Waals surface area contributed by atoms with Crippen LogP contribution >= 0.6 is 0 Å². The fourth-order valence-corrected chi connectivity index (χ4v) is 3.06. The van der Waals surface area contributed by atoms with E-state index in [-0.39, 0.29) is 5.88 Å². The van der Waals surface area contributed by atoms with Gasteiger partial charge in [-0.25, -0.2) is 9.78 Å². The summed E-state index contributed by atoms with van der Waals surface area (Å²) in [5, 5.41) is 0. The lowest BCUT2D eigenvalue weighted by molar-refractivity contribution is 0.0587. The molecule has 0 atom stereocenters. The summed E-state index contributed by atoms with van der Waals surface area (Å²) in [7, 11) is 1.35. The average molecular weight is 371 g/mol. The molecule has 0 spiro atoms. The zero-order valence-electron chi connectivity index (χ0n) is 16.9. The minimum atomic E-state index is -0.479. The van der Waals surface area contributed by atoms with E-state index in [4.69, 9.17) is 14.2 Å². The highest BCUT2D eigenvalue weighted by Gasteiger charge is 2.21. The maximum absolute atomic E-state index is 12.4. The van der Waals surface area contributed by atoms with Gasteiger partial charge in [0.25, 0.3) is 0 Å². The number of benzene rings is 1. The molecule has 0 unspecified atom stereocenters. The molecule has 0 bridgehead atoms. The van der Waals surface area contributed by atoms with Crippen LogP contribution in [0.2, 0.25) is 0 Å². The van der Waals surface area contributed by atoms with Crippen molar-refractivity contribution in [2.75, 3.05) is 13.7 Å². The molecule has 1 aromatic heterocycles. The first-order valence-corrected chi connectivity index (χ1v) is 9.37. The Morgan fingerprint density at radius 2 is 1.81 bits per heavy atom. The summed E-state index contributed by atoms with van der Waals surface area (Å²) in [6, 6.07) is 5.86. The van der Waals surface area contributed by atoms with Gasteiger partial charge >= 0.3 is 5.97 Å². The number of pyridine rings is 1. The van der Waals surface area contributed by atoms with Crippen LogP contribution in [-0.4, -0.2) is 24.7 Å². The number of carbonyl (C=O) groups excluding carboxylic acids is 1. The Kier molecular flexibility index (Phi) is 7.80. The van der Waals surface area contributed by atoms with Gasteiger partial charge in [-0.3, -0.25) is 0 Å². The van der Waals surface area contributed by atoms with E-state index >= 15 is 0 Å². The monoisotopic (exact) mass is 371 g/mol. The molecular weight excluding hydrogens is 342 g/mol. The van der Waals surface area contributed by atoms with Crippen LogP contribution in [0.25, 0.3) is 0 Å². The molecule has 0 aliphatic heterocycles. The van der Waals surface area contributed by atoms with Crippen LogP contribution in [0, 0.1) is 20.8 Å². The van der Waals surface area contributed by atoms with Crippen molar-refractivity contribution >= 4 is 5.97 Å². The molecular formula is C22H29NO4. The number of methoxy groups -OCH3 is 1. The number of aryl methyl sites for hydroxylation is 3. The Hall–Kier alpha value is -2.40. The van der Waals surface area contributed by atoms with Gasteiger partial charge in [0.2, 0.25) is 5.88 Å². The van der Waals surface area contributed by atoms with E-state index in [2.05, 4.69) is 11.9 Å². The second-order valence-electron chi connectivity index (χ2n) is 6.73. The Labute approximate surface area is 161 Å². The second-order valence-corrected chi connectivity index (χ2v) is 6.73. The first kappa shape index (κ1) is 20.9. The van der Waals surface area contributed by atoms with Gasteiger partial charge in [0.05, 0.1) is 13.7 Å². The highest BCUT2D eigenvalue weighted by molar-refractivity contribution is 5.93. The van der Waals surface area contributed by atoms with Gasteiger partial charge in [0, 0.05) is 12.8 Å². The Balaban J connectivity index is 2.30. The summed E-state index contributed by atoms with van der Waals surface area (Å²) in [6.45, 7) is 9.12. The number of nitrogens with zero attached hydrogens (tertiary/aromatic N) is 1. The molecule has 0 radical (unpaired) electrons. The van der Waals surface area contributed by atoms with Crippen molar-refractivity contribution in [1.82, 2.24) is 4.98 Å². The van der Waals surface area contributed by atoms with E-state index in [9.17, 15) is 4.79 Å². The number of hydrogen-bond donors (Lipinski definition) is 0. The summed E-state index contributed by atoms with van der Waals surface area (Å²) >= 11 is 0. The van der Waals surface area contributed by atoms with Gasteiger partial charge in [-0.1, -0.05) is 37.5 Å². The summed E-state index contributed by atoms with van der Waals surface area (Å²) < 4.78 is 16.8. The molecule has 5 heteroatoms. The number of hydrogen-bond acceptors (Lipinski definition) is 5. The number of carbonyl (C=O) groups is 1. The fourth-order valence-electron chi connectivity index (χ4n) is 3.06. The summed E-state index contributed by atoms with van der Waals surface area (Å²) in [4.78, 5) is 16.7. The largest absolute Gasteiger partial charge is 0.465 e. The molecule has 0 amide bonds. The Morgan fingerprint density at radius 1 is 1.11 bits per heavy atom. The molecule has 2 rings (SSSR count). The number of aromatic nitrogens is 1. The van der Waals surface area contributed by atoms with Gasteiger partial charge in [-0.05, 0) is 49.9 Å². The summed E-state index contributed by atoms with van der Waals surface area (Å²) in [6.07, 6.45) is 4.89. The summed E-state index contributed by atoms with van der Waals surface area (Å²) in [5.74, 6) is 0.471. The maximum Gasteiger partial charge on any atom is 0.343 e. The standard InChI is InChI=1S/C22H29NO4/c1-6-7-8-11-26-14-18-9-10-23-21(19(18)22(24)25-5)27-20-16(3)12-15(2)13-17(20)4/h9-10,12-13H,6-8,11,14H2,1-5H3. The van der Waals surface area contributed by atoms with Crippen LogP contribution in [0.5, 0.6) is 11.6 Å². The number of unbranched alkanes of at least 4 members (excludes halogenated alkanes) is 2. The van der Waals surface area contributed by atoms with Crippen molar-refractivity contribution in [3.05, 3.63) is 52.2 Å². The number of rotatable bonds is 9. The number of ether oxygens (including phenoxy) is 3. The third kappa shape index (κ3) is 5.54. The van der Waals surface area contributed by atoms with Crippen LogP contribution in [0.15, 0.2) is 24.4 Å². The zero-order valence-corrected chi connectivity index (χ0v) is 16.9. The summed E-state index contributed by atoms with van der Waals surface area (Å²) in [5.41, 5.74) is 4.17. The molecule has 5 nitrogen and oxygen atoms in total. The van der Waals surface area contributed by atoms with Crippen LogP contribution < -0.4 is 4.74 Å². The molecule has 1 aromatic carbocycles. The van der Waals surface area contributed by atoms with Crippen LogP contribution in [-0.2, 0) is 16.1 Å². The molecule has 2 aromatic rings. The Bertz CT molecular complexity index is 763. The number of esters is 1. The van der Waals surface area contributed by atoms with Crippen molar-refractivity contribution in [3.8, 4) is 11.6 Å². The molecule has 0 saturated carbocycles. The molecule has 0 aliphatic carbocycles. The first-order valence-electron chi connectivity index (χ1n) is 9.37. The lowest BCUT2D eigenvalue weighted by Gasteiger charge is -2.16. The predicted octanol–water partition coefficient (Wildman–Crippen LogP) is 5.29. The third-order valence-electron chi connectivity index (χ3n) is 4.35. The molecule has 0 N–H and O–H groups in total. The van der Waals surface area contributed by atoms with Crippen molar-refractivity contribution in [2.45, 2.75) is 53.6 Å². The van der Waals surface area contributed by atoms with E-state index in [1.165, 1.54) is 7.11 Å². The lowest BCUT2D eigenvalue weighted by atomic mass is 10.1. The van der Waals surface area contributed by atoms with Crippen LogP contribution in [0.4, 0.5) is 0 Å². The third-order valence-corrected chi connectivity index (χ3v) is 4.35.